The van der Waals surface area contributed by atoms with Crippen LogP contribution in [0.25, 0.3) is 0 Å². The van der Waals surface area contributed by atoms with Gasteiger partial charge in [-0.2, -0.15) is 0 Å². The average Bonchev–Trinajstić information content (AvgIpc) is 2.35. The fourth-order valence-corrected chi connectivity index (χ4v) is 1.41. The van der Waals surface area contributed by atoms with Crippen LogP contribution in [0, 0.1) is 0 Å². The van der Waals surface area contributed by atoms with Crippen LogP contribution in [0.1, 0.15) is 12.0 Å². The van der Waals surface area contributed by atoms with E-state index in [0.717, 1.165) is 12.0 Å². The molecule has 0 saturated heterocycles. The van der Waals surface area contributed by atoms with Crippen LogP contribution in [0.3, 0.4) is 0 Å². The van der Waals surface area contributed by atoms with E-state index >= 15 is 0 Å². The van der Waals surface area contributed by atoms with Gasteiger partial charge in [0.1, 0.15) is 5.75 Å². The summed E-state index contributed by atoms with van der Waals surface area (Å²) < 4.78 is 5.55. The van der Waals surface area contributed by atoms with Crippen LogP contribution in [0.15, 0.2) is 24.3 Å². The highest BCUT2D eigenvalue weighted by Gasteiger charge is 2.05. The van der Waals surface area contributed by atoms with Crippen molar-refractivity contribution in [1.29, 1.82) is 0 Å². The number of ether oxygens (including phenoxy) is 1. The van der Waals surface area contributed by atoms with Gasteiger partial charge in [-0.15, -0.1) is 0 Å². The molecule has 0 aromatic heterocycles. The van der Waals surface area contributed by atoms with E-state index in [1.54, 1.807) is 0 Å². The third-order valence-corrected chi connectivity index (χ3v) is 2.50. The van der Waals surface area contributed by atoms with Crippen LogP contribution in [-0.4, -0.2) is 36.5 Å². The van der Waals surface area contributed by atoms with Crippen molar-refractivity contribution in [1.82, 2.24) is 5.32 Å². The lowest BCUT2D eigenvalue weighted by atomic mass is 10.2. The zero-order valence-electron chi connectivity index (χ0n) is 9.52. The van der Waals surface area contributed by atoms with E-state index in [-0.39, 0.29) is 19.3 Å². The number of hydrogen-bond donors (Lipinski definition) is 3. The van der Waals surface area contributed by atoms with Crippen LogP contribution >= 0.6 is 0 Å². The molecule has 0 spiro atoms. The van der Waals surface area contributed by atoms with Crippen molar-refractivity contribution >= 4 is 0 Å². The summed E-state index contributed by atoms with van der Waals surface area (Å²) in [5.74, 6) is 0.706. The molecule has 0 aliphatic rings. The first kappa shape index (κ1) is 13.0. The summed E-state index contributed by atoms with van der Waals surface area (Å²) >= 11 is 0. The fraction of sp³-hybridized carbons (Fsp3) is 0.500. The van der Waals surface area contributed by atoms with Crippen molar-refractivity contribution in [2.24, 2.45) is 0 Å². The smallest absolute Gasteiger partial charge is 0.124 e. The van der Waals surface area contributed by atoms with Gasteiger partial charge in [0.15, 0.2) is 0 Å². The summed E-state index contributed by atoms with van der Waals surface area (Å²) in [5, 5.41) is 21.0. The highest BCUT2D eigenvalue weighted by Crippen LogP contribution is 2.17. The monoisotopic (exact) mass is 225 g/mol. The van der Waals surface area contributed by atoms with Crippen molar-refractivity contribution in [3.63, 3.8) is 0 Å². The minimum absolute atomic E-state index is 0.0222. The quantitative estimate of drug-likeness (QED) is 0.633. The molecule has 3 N–H and O–H groups in total. The summed E-state index contributed by atoms with van der Waals surface area (Å²) in [6, 6.07) is 7.45. The predicted molar refractivity (Wildman–Crippen MR) is 62.4 cm³/mol. The maximum atomic E-state index is 9.09. The number of aliphatic hydroxyl groups is 2. The molecule has 4 nitrogen and oxygen atoms in total. The second-order valence-electron chi connectivity index (χ2n) is 3.57. The number of nitrogens with one attached hydrogen (secondary N) is 1. The normalized spacial score (nSPS) is 12.4. The SMILES string of the molecule is CNC(CO)CCOc1ccccc1CO. The first-order valence-electron chi connectivity index (χ1n) is 5.41. The van der Waals surface area contributed by atoms with E-state index in [9.17, 15) is 0 Å². The van der Waals surface area contributed by atoms with Gasteiger partial charge in [0.2, 0.25) is 0 Å². The minimum atomic E-state index is -0.0222. The standard InChI is InChI=1S/C12H19NO3/c1-13-11(9-15)6-7-16-12-5-3-2-4-10(12)8-14/h2-5,11,13-15H,6-9H2,1H3. The Kier molecular flexibility index (Phi) is 5.85. The second-order valence-corrected chi connectivity index (χ2v) is 3.57. The van der Waals surface area contributed by atoms with Crippen molar-refractivity contribution < 1.29 is 14.9 Å². The molecule has 4 heteroatoms. The molecule has 1 unspecified atom stereocenters. The lowest BCUT2D eigenvalue weighted by molar-refractivity contribution is 0.210. The Hall–Kier alpha value is -1.10. The van der Waals surface area contributed by atoms with E-state index in [1.807, 2.05) is 31.3 Å². The van der Waals surface area contributed by atoms with Crippen LogP contribution in [0.4, 0.5) is 0 Å². The molecular weight excluding hydrogens is 206 g/mol. The summed E-state index contributed by atoms with van der Waals surface area (Å²) in [7, 11) is 1.81. The molecule has 0 radical (unpaired) electrons. The number of likely N-dealkylation sites (N-methyl/N-ethyl adjacent to an activating group) is 1. The Bertz CT molecular complexity index is 300. The number of benzene rings is 1. The first-order chi connectivity index (χ1) is 7.81. The molecule has 0 bridgehead atoms. The predicted octanol–water partition coefficient (Wildman–Crippen LogP) is 0.528. The zero-order valence-corrected chi connectivity index (χ0v) is 9.52. The van der Waals surface area contributed by atoms with Gasteiger partial charge in [-0.25, -0.2) is 0 Å². The van der Waals surface area contributed by atoms with Gasteiger partial charge in [-0.3, -0.25) is 0 Å². The largest absolute Gasteiger partial charge is 0.493 e. The Morgan fingerprint density at radius 1 is 1.31 bits per heavy atom. The highest BCUT2D eigenvalue weighted by molar-refractivity contribution is 5.32. The Morgan fingerprint density at radius 3 is 2.69 bits per heavy atom. The second kappa shape index (κ2) is 7.22. The van der Waals surface area contributed by atoms with Crippen molar-refractivity contribution in [3.05, 3.63) is 29.8 Å². The first-order valence-corrected chi connectivity index (χ1v) is 5.41. The van der Waals surface area contributed by atoms with Crippen molar-refractivity contribution in [3.8, 4) is 5.75 Å². The van der Waals surface area contributed by atoms with Crippen LogP contribution in [0.5, 0.6) is 5.75 Å². The van der Waals surface area contributed by atoms with Crippen molar-refractivity contribution in [2.45, 2.75) is 19.1 Å². The van der Waals surface area contributed by atoms with Crippen LogP contribution < -0.4 is 10.1 Å². The fourth-order valence-electron chi connectivity index (χ4n) is 1.41. The van der Waals surface area contributed by atoms with Gasteiger partial charge in [-0.1, -0.05) is 18.2 Å². The van der Waals surface area contributed by atoms with E-state index < -0.39 is 0 Å². The molecule has 90 valence electrons. The summed E-state index contributed by atoms with van der Waals surface area (Å²) in [5.41, 5.74) is 0.785. The molecule has 16 heavy (non-hydrogen) atoms. The Labute approximate surface area is 95.9 Å². The highest BCUT2D eigenvalue weighted by atomic mass is 16.5. The van der Waals surface area contributed by atoms with E-state index in [2.05, 4.69) is 5.32 Å². The van der Waals surface area contributed by atoms with E-state index in [1.165, 1.54) is 0 Å². The molecule has 0 amide bonds. The molecule has 0 heterocycles. The summed E-state index contributed by atoms with van der Waals surface area (Å²) in [6.45, 7) is 0.593. The number of hydrogen-bond acceptors (Lipinski definition) is 4. The van der Waals surface area contributed by atoms with Crippen molar-refractivity contribution in [2.75, 3.05) is 20.3 Å². The minimum Gasteiger partial charge on any atom is -0.493 e. The van der Waals surface area contributed by atoms with Crippen LogP contribution in [-0.2, 0) is 6.61 Å². The lowest BCUT2D eigenvalue weighted by Gasteiger charge is -2.14. The number of aliphatic hydroxyl groups excluding tert-OH is 2. The van der Waals surface area contributed by atoms with Gasteiger partial charge in [0.25, 0.3) is 0 Å². The van der Waals surface area contributed by atoms with E-state index in [4.69, 9.17) is 14.9 Å². The van der Waals surface area contributed by atoms with Gasteiger partial charge in [0, 0.05) is 11.6 Å². The topological polar surface area (TPSA) is 61.7 Å². The molecule has 0 fully saturated rings. The van der Waals surface area contributed by atoms with Gasteiger partial charge < -0.3 is 20.3 Å². The third kappa shape index (κ3) is 3.81. The van der Waals surface area contributed by atoms with Gasteiger partial charge in [-0.05, 0) is 19.5 Å². The third-order valence-electron chi connectivity index (χ3n) is 2.50. The zero-order chi connectivity index (χ0) is 11.8. The molecule has 1 aromatic carbocycles. The molecule has 0 saturated carbocycles. The molecular formula is C12H19NO3. The molecule has 1 rings (SSSR count). The number of para-hydroxylation sites is 1. The average molecular weight is 225 g/mol. The molecule has 1 aromatic rings. The Balaban J connectivity index is 2.42. The summed E-state index contributed by atoms with van der Waals surface area (Å²) in [6.07, 6.45) is 0.729. The number of rotatable bonds is 7. The van der Waals surface area contributed by atoms with Gasteiger partial charge >= 0.3 is 0 Å². The van der Waals surface area contributed by atoms with E-state index in [0.29, 0.717) is 12.4 Å². The lowest BCUT2D eigenvalue weighted by Crippen LogP contribution is -2.30. The molecule has 1 atom stereocenters. The maximum Gasteiger partial charge on any atom is 0.124 e. The molecule has 0 aliphatic heterocycles. The Morgan fingerprint density at radius 2 is 2.06 bits per heavy atom. The van der Waals surface area contributed by atoms with Crippen LogP contribution in [0.2, 0.25) is 0 Å². The summed E-state index contributed by atoms with van der Waals surface area (Å²) in [4.78, 5) is 0. The molecule has 0 aliphatic carbocycles. The maximum absolute atomic E-state index is 9.09. The van der Waals surface area contributed by atoms with Gasteiger partial charge in [0.05, 0.1) is 19.8 Å².